The van der Waals surface area contributed by atoms with Gasteiger partial charge in [0.1, 0.15) is 5.75 Å². The van der Waals surface area contributed by atoms with Crippen LogP contribution in [0.3, 0.4) is 0 Å². The fraction of sp³-hybridized carbons (Fsp3) is 0.125. The Bertz CT molecular complexity index is 436. The van der Waals surface area contributed by atoms with Crippen LogP contribution in [0.15, 0.2) is 22.4 Å². The third-order valence-electron chi connectivity index (χ3n) is 1.90. The van der Waals surface area contributed by atoms with E-state index in [1.165, 1.54) is 12.1 Å². The molecule has 0 bridgehead atoms. The standard InChI is InChI=1S/C8H7N3O3/c9-3-1-4(8(13)14)6(5(12)2-3)7-10-11-7/h1-2,7,12H,9H2,(H,13,14). The second kappa shape index (κ2) is 2.69. The number of nitrogens with zero attached hydrogens (tertiary/aromatic N) is 2. The minimum Gasteiger partial charge on any atom is -0.507 e. The highest BCUT2D eigenvalue weighted by atomic mass is 16.4. The lowest BCUT2D eigenvalue weighted by Crippen LogP contribution is -2.03. The van der Waals surface area contributed by atoms with Crippen LogP contribution >= 0.6 is 0 Å². The largest absolute Gasteiger partial charge is 0.507 e. The topological polar surface area (TPSA) is 108 Å². The smallest absolute Gasteiger partial charge is 0.336 e. The summed E-state index contributed by atoms with van der Waals surface area (Å²) in [6.45, 7) is 0. The van der Waals surface area contributed by atoms with Gasteiger partial charge in [-0.25, -0.2) is 4.79 Å². The monoisotopic (exact) mass is 193 g/mol. The van der Waals surface area contributed by atoms with E-state index in [1.807, 2.05) is 0 Å². The normalized spacial score (nSPS) is 14.3. The van der Waals surface area contributed by atoms with Gasteiger partial charge < -0.3 is 15.9 Å². The van der Waals surface area contributed by atoms with E-state index >= 15 is 0 Å². The maximum Gasteiger partial charge on any atom is 0.336 e. The second-order valence-electron chi connectivity index (χ2n) is 2.91. The molecule has 1 heterocycles. The zero-order valence-corrected chi connectivity index (χ0v) is 7.01. The van der Waals surface area contributed by atoms with Crippen molar-refractivity contribution in [1.82, 2.24) is 0 Å². The number of nitrogen functional groups attached to an aromatic ring is 1. The Morgan fingerprint density at radius 3 is 2.57 bits per heavy atom. The molecule has 6 heteroatoms. The minimum absolute atomic E-state index is 0.0579. The number of carbonyl (C=O) groups is 1. The summed E-state index contributed by atoms with van der Waals surface area (Å²) in [5.74, 6) is -1.34. The van der Waals surface area contributed by atoms with Gasteiger partial charge in [-0.05, 0) is 6.07 Å². The SMILES string of the molecule is Nc1cc(O)c(C2N=N2)c(C(=O)O)c1. The van der Waals surface area contributed by atoms with Crippen molar-refractivity contribution in [2.24, 2.45) is 10.2 Å². The maximum absolute atomic E-state index is 10.8. The van der Waals surface area contributed by atoms with Gasteiger partial charge in [0.15, 0.2) is 0 Å². The molecule has 2 rings (SSSR count). The van der Waals surface area contributed by atoms with E-state index in [-0.39, 0.29) is 22.6 Å². The Labute approximate surface area is 78.7 Å². The van der Waals surface area contributed by atoms with Gasteiger partial charge in [-0.3, -0.25) is 0 Å². The summed E-state index contributed by atoms with van der Waals surface area (Å²) < 4.78 is 0. The van der Waals surface area contributed by atoms with Gasteiger partial charge in [0.05, 0.1) is 11.1 Å². The number of phenols is 1. The van der Waals surface area contributed by atoms with Crippen molar-refractivity contribution in [1.29, 1.82) is 0 Å². The van der Waals surface area contributed by atoms with E-state index in [1.54, 1.807) is 0 Å². The van der Waals surface area contributed by atoms with Crippen LogP contribution < -0.4 is 5.73 Å². The van der Waals surface area contributed by atoms with Crippen molar-refractivity contribution in [2.75, 3.05) is 5.73 Å². The van der Waals surface area contributed by atoms with Gasteiger partial charge in [-0.15, -0.1) is 0 Å². The summed E-state index contributed by atoms with van der Waals surface area (Å²) >= 11 is 0. The number of carboxylic acids is 1. The molecule has 0 radical (unpaired) electrons. The van der Waals surface area contributed by atoms with Crippen LogP contribution in [-0.2, 0) is 0 Å². The van der Waals surface area contributed by atoms with E-state index in [9.17, 15) is 9.90 Å². The molecule has 14 heavy (non-hydrogen) atoms. The highest BCUT2D eigenvalue weighted by Crippen LogP contribution is 2.39. The Morgan fingerprint density at radius 1 is 1.43 bits per heavy atom. The van der Waals surface area contributed by atoms with Crippen molar-refractivity contribution in [3.05, 3.63) is 23.3 Å². The molecule has 1 aromatic carbocycles. The molecule has 0 saturated heterocycles. The molecule has 6 nitrogen and oxygen atoms in total. The summed E-state index contributed by atoms with van der Waals surface area (Å²) in [5, 5.41) is 25.4. The Balaban J connectivity index is 2.59. The molecule has 0 fully saturated rings. The number of aromatic carboxylic acids is 1. The zero-order chi connectivity index (χ0) is 10.3. The number of carboxylic acid groups (broad SMARTS) is 1. The third kappa shape index (κ3) is 1.26. The Morgan fingerprint density at radius 2 is 2.07 bits per heavy atom. The molecule has 1 aromatic rings. The predicted octanol–water partition coefficient (Wildman–Crippen LogP) is 1.14. The van der Waals surface area contributed by atoms with Gasteiger partial charge in [0, 0.05) is 11.8 Å². The fourth-order valence-electron chi connectivity index (χ4n) is 1.26. The highest BCUT2D eigenvalue weighted by Gasteiger charge is 2.28. The number of aromatic hydroxyl groups is 1. The average molecular weight is 193 g/mol. The molecule has 72 valence electrons. The van der Waals surface area contributed by atoms with Crippen LogP contribution in [0.4, 0.5) is 5.69 Å². The van der Waals surface area contributed by atoms with Crippen LogP contribution in [0, 0.1) is 0 Å². The van der Waals surface area contributed by atoms with Gasteiger partial charge in [0.25, 0.3) is 0 Å². The first kappa shape index (κ1) is 8.49. The molecule has 0 saturated carbocycles. The summed E-state index contributed by atoms with van der Waals surface area (Å²) in [4.78, 5) is 10.8. The van der Waals surface area contributed by atoms with Crippen LogP contribution in [0.1, 0.15) is 22.1 Å². The predicted molar refractivity (Wildman–Crippen MR) is 47.1 cm³/mol. The summed E-state index contributed by atoms with van der Waals surface area (Å²) in [5.41, 5.74) is 5.74. The molecular weight excluding hydrogens is 186 g/mol. The molecule has 0 spiro atoms. The lowest BCUT2D eigenvalue weighted by atomic mass is 10.0. The molecule has 0 aromatic heterocycles. The van der Waals surface area contributed by atoms with Crippen molar-refractivity contribution >= 4 is 11.7 Å². The van der Waals surface area contributed by atoms with Crippen LogP contribution in [0.5, 0.6) is 5.75 Å². The van der Waals surface area contributed by atoms with Crippen molar-refractivity contribution < 1.29 is 15.0 Å². The highest BCUT2D eigenvalue weighted by molar-refractivity contribution is 5.92. The van der Waals surface area contributed by atoms with E-state index in [4.69, 9.17) is 10.8 Å². The van der Waals surface area contributed by atoms with Gasteiger partial charge >= 0.3 is 5.97 Å². The van der Waals surface area contributed by atoms with Crippen molar-refractivity contribution in [3.8, 4) is 5.75 Å². The number of hydrogen-bond donors (Lipinski definition) is 3. The quantitative estimate of drug-likeness (QED) is 0.611. The number of phenolic OH excluding ortho intramolecular Hbond substituents is 1. The first-order chi connectivity index (χ1) is 6.59. The number of rotatable bonds is 2. The number of benzene rings is 1. The molecule has 0 unspecified atom stereocenters. The third-order valence-corrected chi connectivity index (χ3v) is 1.90. The number of nitrogens with two attached hydrogens (primary N) is 1. The van der Waals surface area contributed by atoms with Crippen molar-refractivity contribution in [3.63, 3.8) is 0 Å². The first-order valence-corrected chi connectivity index (χ1v) is 3.85. The van der Waals surface area contributed by atoms with Gasteiger partial charge in [-0.1, -0.05) is 0 Å². The number of hydrogen-bond acceptors (Lipinski definition) is 5. The Kier molecular flexibility index (Phi) is 1.63. The maximum atomic E-state index is 10.8. The summed E-state index contributed by atoms with van der Waals surface area (Å²) in [6, 6.07) is 2.56. The second-order valence-corrected chi connectivity index (χ2v) is 2.91. The van der Waals surface area contributed by atoms with E-state index in [0.29, 0.717) is 0 Å². The molecule has 0 amide bonds. The molecule has 0 atom stereocenters. The van der Waals surface area contributed by atoms with Crippen LogP contribution in [-0.4, -0.2) is 16.2 Å². The summed E-state index contributed by atoms with van der Waals surface area (Å²) in [6.07, 6.45) is -0.554. The minimum atomic E-state index is -1.15. The molecule has 1 aliphatic rings. The Hall–Kier alpha value is -2.11. The lowest BCUT2D eigenvalue weighted by Gasteiger charge is -2.06. The first-order valence-electron chi connectivity index (χ1n) is 3.85. The van der Waals surface area contributed by atoms with Crippen LogP contribution in [0.25, 0.3) is 0 Å². The van der Waals surface area contributed by atoms with Gasteiger partial charge in [-0.2, -0.15) is 10.2 Å². The lowest BCUT2D eigenvalue weighted by molar-refractivity contribution is 0.0695. The van der Waals surface area contributed by atoms with Crippen LogP contribution in [0.2, 0.25) is 0 Å². The van der Waals surface area contributed by atoms with E-state index in [0.717, 1.165) is 0 Å². The van der Waals surface area contributed by atoms with Gasteiger partial charge in [0.2, 0.25) is 6.17 Å². The molecule has 4 N–H and O–H groups in total. The number of anilines is 1. The molecular formula is C8H7N3O3. The van der Waals surface area contributed by atoms with E-state index < -0.39 is 12.1 Å². The fourth-order valence-corrected chi connectivity index (χ4v) is 1.26. The van der Waals surface area contributed by atoms with E-state index in [2.05, 4.69) is 10.2 Å². The summed E-state index contributed by atoms with van der Waals surface area (Å²) in [7, 11) is 0. The average Bonchev–Trinajstić information content (AvgIpc) is 2.85. The molecule has 1 aliphatic heterocycles. The van der Waals surface area contributed by atoms with Crippen molar-refractivity contribution in [2.45, 2.75) is 6.17 Å². The zero-order valence-electron chi connectivity index (χ0n) is 7.01. The molecule has 0 aliphatic carbocycles.